The summed E-state index contributed by atoms with van der Waals surface area (Å²) in [6.07, 6.45) is 0. The highest BCUT2D eigenvalue weighted by Gasteiger charge is 2.21. The molecule has 0 bridgehead atoms. The van der Waals surface area contributed by atoms with Gasteiger partial charge in [0.25, 0.3) is 0 Å². The van der Waals surface area contributed by atoms with E-state index in [1.807, 2.05) is 60.7 Å². The normalized spacial score (nSPS) is 11.9. The molecule has 0 fully saturated rings. The first-order valence-electron chi connectivity index (χ1n) is 21.0. The SMILES string of the molecule is c1ccc(-c2nc(-c3ccccc3)nc(-c3ccc4cc(-n5c6cc7c8ccccc8n(-c8ccc9ccccc9c8)c7cc6c6c7ccccc7ccc65)ccc4c3)n2)cc1. The summed E-state index contributed by atoms with van der Waals surface area (Å²) in [7, 11) is 0. The average molecular weight is 790 g/mol. The number of aromatic nitrogens is 5. The summed E-state index contributed by atoms with van der Waals surface area (Å²) in [5, 5.41) is 12.1. The minimum absolute atomic E-state index is 0.643. The Hall–Kier alpha value is -8.41. The third-order valence-electron chi connectivity index (χ3n) is 12.5. The molecule has 0 aliphatic heterocycles. The summed E-state index contributed by atoms with van der Waals surface area (Å²) in [5.41, 5.74) is 9.84. The Labute approximate surface area is 356 Å². The van der Waals surface area contributed by atoms with E-state index in [4.69, 9.17) is 15.0 Å². The lowest BCUT2D eigenvalue weighted by molar-refractivity contribution is 1.07. The lowest BCUT2D eigenvalue weighted by atomic mass is 10.0. The second-order valence-corrected chi connectivity index (χ2v) is 16.1. The van der Waals surface area contributed by atoms with E-state index < -0.39 is 0 Å². The smallest absolute Gasteiger partial charge is 0.164 e. The van der Waals surface area contributed by atoms with Gasteiger partial charge >= 0.3 is 0 Å². The molecule has 0 atom stereocenters. The van der Waals surface area contributed by atoms with Gasteiger partial charge in [0.2, 0.25) is 0 Å². The maximum atomic E-state index is 5.01. The van der Waals surface area contributed by atoms with Gasteiger partial charge in [0, 0.05) is 49.6 Å². The first kappa shape index (κ1) is 34.5. The zero-order chi connectivity index (χ0) is 40.7. The molecule has 3 aromatic heterocycles. The molecule has 10 aromatic carbocycles. The first-order valence-corrected chi connectivity index (χ1v) is 21.0. The number of benzene rings is 10. The molecule has 5 nitrogen and oxygen atoms in total. The number of hydrogen-bond acceptors (Lipinski definition) is 3. The Morgan fingerprint density at radius 1 is 0.258 bits per heavy atom. The molecule has 288 valence electrons. The van der Waals surface area contributed by atoms with E-state index in [1.165, 1.54) is 65.2 Å². The molecule has 0 spiro atoms. The number of rotatable bonds is 5. The molecule has 0 amide bonds. The molecule has 0 N–H and O–H groups in total. The van der Waals surface area contributed by atoms with E-state index in [1.54, 1.807) is 0 Å². The predicted octanol–water partition coefficient (Wildman–Crippen LogP) is 14.5. The fourth-order valence-corrected chi connectivity index (χ4v) is 9.57. The van der Waals surface area contributed by atoms with Crippen LogP contribution in [0.15, 0.2) is 212 Å². The van der Waals surface area contributed by atoms with Gasteiger partial charge in [-0.2, -0.15) is 0 Å². The third-order valence-corrected chi connectivity index (χ3v) is 12.5. The molecule has 0 radical (unpaired) electrons. The van der Waals surface area contributed by atoms with Gasteiger partial charge in [-0.15, -0.1) is 0 Å². The van der Waals surface area contributed by atoms with Crippen LogP contribution in [0.4, 0.5) is 0 Å². The Morgan fingerprint density at radius 3 is 1.47 bits per heavy atom. The quantitative estimate of drug-likeness (QED) is 0.174. The summed E-state index contributed by atoms with van der Waals surface area (Å²) >= 11 is 0. The highest BCUT2D eigenvalue weighted by atomic mass is 15.0. The van der Waals surface area contributed by atoms with Crippen LogP contribution in [-0.4, -0.2) is 24.1 Å². The molecule has 0 aliphatic rings. The van der Waals surface area contributed by atoms with Crippen LogP contribution in [0.1, 0.15) is 0 Å². The second-order valence-electron chi connectivity index (χ2n) is 16.1. The second kappa shape index (κ2) is 13.6. The number of hydrogen-bond donors (Lipinski definition) is 0. The molecule has 13 rings (SSSR count). The maximum absolute atomic E-state index is 5.01. The van der Waals surface area contributed by atoms with E-state index in [2.05, 4.69) is 161 Å². The standard InChI is InChI=1S/C57H35N5/c1-3-15-38(16-4-1)55-58-56(39-17-5-2-6-18-39)60-57(59-55)43-24-23-42-33-45(29-26-41(42)31-43)62-51-30-27-37-14-9-10-20-46(37)54(51)49-35-52-48(34-53(49)62)47-21-11-12-22-50(47)61(52)44-28-25-36-13-7-8-19-40(36)32-44/h1-35H. The van der Waals surface area contributed by atoms with Gasteiger partial charge in [0.15, 0.2) is 17.5 Å². The van der Waals surface area contributed by atoms with Crippen LogP contribution in [0, 0.1) is 0 Å². The zero-order valence-corrected chi connectivity index (χ0v) is 33.4. The van der Waals surface area contributed by atoms with Gasteiger partial charge in [0.1, 0.15) is 0 Å². The van der Waals surface area contributed by atoms with Crippen molar-refractivity contribution in [3.05, 3.63) is 212 Å². The van der Waals surface area contributed by atoms with Crippen LogP contribution in [0.25, 0.3) is 121 Å². The Kier molecular flexibility index (Phi) is 7.54. The van der Waals surface area contributed by atoms with Crippen LogP contribution in [0.5, 0.6) is 0 Å². The molecule has 5 heteroatoms. The highest BCUT2D eigenvalue weighted by Crippen LogP contribution is 2.42. The summed E-state index contributed by atoms with van der Waals surface area (Å²) in [6.45, 7) is 0. The molecule has 3 heterocycles. The van der Waals surface area contributed by atoms with Crippen molar-refractivity contribution < 1.29 is 0 Å². The van der Waals surface area contributed by atoms with Gasteiger partial charge < -0.3 is 9.13 Å². The molecule has 0 saturated heterocycles. The van der Waals surface area contributed by atoms with Crippen molar-refractivity contribution in [2.45, 2.75) is 0 Å². The van der Waals surface area contributed by atoms with Gasteiger partial charge in [0.05, 0.1) is 22.1 Å². The van der Waals surface area contributed by atoms with Crippen molar-refractivity contribution in [2.24, 2.45) is 0 Å². The lowest BCUT2D eigenvalue weighted by Gasteiger charge is -2.12. The third kappa shape index (κ3) is 5.38. The fraction of sp³-hybridized carbons (Fsp3) is 0. The number of nitrogens with zero attached hydrogens (tertiary/aromatic N) is 5. The molecule has 0 aliphatic carbocycles. The van der Waals surface area contributed by atoms with Gasteiger partial charge in [-0.3, -0.25) is 0 Å². The van der Waals surface area contributed by atoms with Crippen molar-refractivity contribution >= 4 is 75.9 Å². The van der Waals surface area contributed by atoms with E-state index in [9.17, 15) is 0 Å². The molecule has 0 saturated carbocycles. The first-order chi connectivity index (χ1) is 30.7. The minimum Gasteiger partial charge on any atom is -0.309 e. The van der Waals surface area contributed by atoms with Crippen LogP contribution < -0.4 is 0 Å². The van der Waals surface area contributed by atoms with E-state index in [-0.39, 0.29) is 0 Å². The van der Waals surface area contributed by atoms with Crippen molar-refractivity contribution in [3.8, 4) is 45.5 Å². The average Bonchev–Trinajstić information content (AvgIpc) is 3.85. The van der Waals surface area contributed by atoms with Crippen LogP contribution in [0.3, 0.4) is 0 Å². The molecule has 0 unspecified atom stereocenters. The van der Waals surface area contributed by atoms with Gasteiger partial charge in [-0.05, 0) is 86.9 Å². The lowest BCUT2D eigenvalue weighted by Crippen LogP contribution is -2.00. The van der Waals surface area contributed by atoms with Gasteiger partial charge in [-0.1, -0.05) is 158 Å². The molecule has 62 heavy (non-hydrogen) atoms. The summed E-state index contributed by atoms with van der Waals surface area (Å²) in [5.74, 6) is 1.95. The highest BCUT2D eigenvalue weighted by molar-refractivity contribution is 6.25. The van der Waals surface area contributed by atoms with Crippen LogP contribution >= 0.6 is 0 Å². The Balaban J connectivity index is 1.01. The van der Waals surface area contributed by atoms with E-state index >= 15 is 0 Å². The fourth-order valence-electron chi connectivity index (χ4n) is 9.57. The zero-order valence-electron chi connectivity index (χ0n) is 33.4. The van der Waals surface area contributed by atoms with Crippen molar-refractivity contribution in [2.75, 3.05) is 0 Å². The van der Waals surface area contributed by atoms with Crippen molar-refractivity contribution in [1.29, 1.82) is 0 Å². The maximum Gasteiger partial charge on any atom is 0.164 e. The largest absolute Gasteiger partial charge is 0.309 e. The van der Waals surface area contributed by atoms with Crippen LogP contribution in [-0.2, 0) is 0 Å². The van der Waals surface area contributed by atoms with E-state index in [0.29, 0.717) is 17.5 Å². The summed E-state index contributed by atoms with van der Waals surface area (Å²) < 4.78 is 4.90. The van der Waals surface area contributed by atoms with E-state index in [0.717, 1.165) is 38.8 Å². The van der Waals surface area contributed by atoms with Crippen LogP contribution in [0.2, 0.25) is 0 Å². The van der Waals surface area contributed by atoms with Crippen molar-refractivity contribution in [1.82, 2.24) is 24.1 Å². The minimum atomic E-state index is 0.643. The number of para-hydroxylation sites is 1. The topological polar surface area (TPSA) is 48.5 Å². The number of fused-ring (bicyclic) bond motifs is 10. The molecule has 13 aromatic rings. The molecular formula is C57H35N5. The Bertz CT molecular complexity index is 3860. The van der Waals surface area contributed by atoms with Crippen molar-refractivity contribution in [3.63, 3.8) is 0 Å². The predicted molar refractivity (Wildman–Crippen MR) is 257 cm³/mol. The Morgan fingerprint density at radius 2 is 0.742 bits per heavy atom. The summed E-state index contributed by atoms with van der Waals surface area (Å²) in [4.78, 5) is 14.9. The van der Waals surface area contributed by atoms with Gasteiger partial charge in [-0.25, -0.2) is 15.0 Å². The summed E-state index contributed by atoms with van der Waals surface area (Å²) in [6, 6.07) is 75.9. The monoisotopic (exact) mass is 789 g/mol. The molecular weight excluding hydrogens is 755 g/mol.